The average Bonchev–Trinajstić information content (AvgIpc) is 2.78. The number of aryl methyl sites for hydroxylation is 1. The van der Waals surface area contributed by atoms with Crippen molar-refractivity contribution in [2.75, 3.05) is 0 Å². The second kappa shape index (κ2) is 12.4. The topological polar surface area (TPSA) is 94.2 Å². The fourth-order valence-corrected chi connectivity index (χ4v) is 3.42. The van der Waals surface area contributed by atoms with Crippen molar-refractivity contribution in [1.82, 2.24) is 0 Å². The molecule has 0 amide bonds. The number of Topliss-reactive ketones (excluding diaryl/α,β-unsaturated/α-hetero) is 1. The van der Waals surface area contributed by atoms with Crippen molar-refractivity contribution in [1.29, 1.82) is 10.8 Å². The van der Waals surface area contributed by atoms with Crippen LogP contribution in [-0.2, 0) is 11.2 Å². The molecule has 0 saturated carbocycles. The Balaban J connectivity index is 0.000000580. The highest BCUT2D eigenvalue weighted by atomic mass is 19.3. The first-order chi connectivity index (χ1) is 16.8. The van der Waals surface area contributed by atoms with Crippen LogP contribution in [0.2, 0.25) is 0 Å². The van der Waals surface area contributed by atoms with E-state index in [0.29, 0.717) is 23.1 Å². The van der Waals surface area contributed by atoms with E-state index in [1.165, 1.54) is 52.0 Å². The van der Waals surface area contributed by atoms with Crippen molar-refractivity contribution in [2.24, 2.45) is 11.8 Å². The first-order valence-electron chi connectivity index (χ1n) is 11.9. The van der Waals surface area contributed by atoms with Crippen LogP contribution in [0.15, 0.2) is 30.3 Å². The van der Waals surface area contributed by atoms with Crippen LogP contribution in [0.1, 0.15) is 76.9 Å². The summed E-state index contributed by atoms with van der Waals surface area (Å²) < 4.78 is 58.7. The third-order valence-corrected chi connectivity index (χ3v) is 5.96. The Morgan fingerprint density at radius 3 is 1.92 bits per heavy atom. The molecule has 3 N–H and O–H groups in total. The van der Waals surface area contributed by atoms with Gasteiger partial charge in [-0.1, -0.05) is 39.8 Å². The Kier molecular flexibility index (Phi) is 10.8. The zero-order valence-corrected chi connectivity index (χ0v) is 22.5. The van der Waals surface area contributed by atoms with Crippen LogP contribution in [0.4, 0.5) is 17.6 Å². The van der Waals surface area contributed by atoms with Gasteiger partial charge in [-0.15, -0.1) is 0 Å². The van der Waals surface area contributed by atoms with E-state index < -0.39 is 29.1 Å². The van der Waals surface area contributed by atoms with Crippen LogP contribution in [-0.4, -0.2) is 34.2 Å². The van der Waals surface area contributed by atoms with Crippen molar-refractivity contribution in [3.8, 4) is 11.1 Å². The van der Waals surface area contributed by atoms with Gasteiger partial charge in [0.15, 0.2) is 23.3 Å². The van der Waals surface area contributed by atoms with Gasteiger partial charge in [0, 0.05) is 35.4 Å². The molecule has 1 atom stereocenters. The summed E-state index contributed by atoms with van der Waals surface area (Å²) in [7, 11) is 0. The van der Waals surface area contributed by atoms with Gasteiger partial charge in [0.25, 0.3) is 5.92 Å². The number of ketones is 1. The van der Waals surface area contributed by atoms with Gasteiger partial charge >= 0.3 is 0 Å². The maximum absolute atomic E-state index is 14.7. The summed E-state index contributed by atoms with van der Waals surface area (Å²) in [6, 6.07) is 7.14. The number of carbonyl (C=O) groups excluding carboxylic acids is 1. The Bertz CT molecular complexity index is 1120. The predicted molar refractivity (Wildman–Crippen MR) is 138 cm³/mol. The molecule has 0 fully saturated rings. The van der Waals surface area contributed by atoms with Gasteiger partial charge in [0.2, 0.25) is 5.90 Å². The minimum atomic E-state index is -2.81. The van der Waals surface area contributed by atoms with Gasteiger partial charge in [0.1, 0.15) is 0 Å². The summed E-state index contributed by atoms with van der Waals surface area (Å²) >= 11 is 0. The van der Waals surface area contributed by atoms with Gasteiger partial charge in [-0.05, 0) is 56.5 Å². The zero-order chi connectivity index (χ0) is 28.9. The number of rotatable bonds is 7. The molecule has 0 heterocycles. The van der Waals surface area contributed by atoms with E-state index >= 15 is 0 Å². The summed E-state index contributed by atoms with van der Waals surface area (Å²) in [4.78, 5) is 12.7. The molecule has 0 aliphatic heterocycles. The molecule has 5 nitrogen and oxygen atoms in total. The van der Waals surface area contributed by atoms with Gasteiger partial charge < -0.3 is 9.84 Å². The molecule has 0 bridgehead atoms. The van der Waals surface area contributed by atoms with Crippen LogP contribution in [0, 0.1) is 34.3 Å². The Labute approximate surface area is 215 Å². The molecule has 2 aromatic carbocycles. The fraction of sp³-hybridized carbons (Fsp3) is 0.464. The largest absolute Gasteiger partial charge is 0.426 e. The first kappa shape index (κ1) is 32.0. The highest BCUT2D eigenvalue weighted by molar-refractivity contribution is 6.05. The number of hydrogen-bond donors (Lipinski definition) is 3. The Morgan fingerprint density at radius 1 is 1.05 bits per heavy atom. The maximum atomic E-state index is 14.7. The van der Waals surface area contributed by atoms with Crippen LogP contribution in [0.25, 0.3) is 11.1 Å². The molecule has 0 saturated heterocycles. The molecule has 0 spiro atoms. The van der Waals surface area contributed by atoms with E-state index in [1.54, 1.807) is 20.8 Å². The second-order valence-electron chi connectivity index (χ2n) is 9.85. The molecular formula is C28H36F4N2O3. The zero-order valence-electron chi connectivity index (χ0n) is 22.5. The third-order valence-electron chi connectivity index (χ3n) is 5.96. The van der Waals surface area contributed by atoms with Crippen molar-refractivity contribution in [3.05, 3.63) is 58.7 Å². The lowest BCUT2D eigenvalue weighted by molar-refractivity contribution is -0.116. The number of halogens is 4. The second-order valence-corrected chi connectivity index (χ2v) is 9.85. The lowest BCUT2D eigenvalue weighted by Gasteiger charge is -2.30. The quantitative estimate of drug-likeness (QED) is 0.152. The summed E-state index contributed by atoms with van der Waals surface area (Å²) in [5, 5.41) is 24.2. The number of alkyl halides is 2. The van der Waals surface area contributed by atoms with E-state index in [-0.39, 0.29) is 34.6 Å². The minimum absolute atomic E-state index is 0.0622. The van der Waals surface area contributed by atoms with Gasteiger partial charge in [-0.2, -0.15) is 0 Å². The van der Waals surface area contributed by atoms with Crippen molar-refractivity contribution >= 4 is 17.6 Å². The third kappa shape index (κ3) is 8.49. The lowest BCUT2D eigenvalue weighted by Crippen LogP contribution is -2.39. The number of benzene rings is 2. The molecule has 2 rings (SSSR count). The van der Waals surface area contributed by atoms with E-state index in [4.69, 9.17) is 20.7 Å². The normalized spacial score (nSPS) is 12.5. The Morgan fingerprint density at radius 2 is 1.57 bits per heavy atom. The van der Waals surface area contributed by atoms with Crippen molar-refractivity contribution in [3.63, 3.8) is 0 Å². The number of hydrogen-bond acceptors (Lipinski definition) is 5. The standard InChI is InChI=1S/C21H22F2N2O2.C7H14F2O/c1-5-13-10-16(22)19(23)17(18(13)20(26)11(2)3)14-6-8-15(9-7-14)21(25)27-12(4)24;1-5(6(2,3)10)7(4,8)9/h6-11,24-25H,5H2,1-4H3;5,10H,1-4H3. The minimum Gasteiger partial charge on any atom is -0.426 e. The van der Waals surface area contributed by atoms with Gasteiger partial charge in [-0.3, -0.25) is 15.6 Å². The van der Waals surface area contributed by atoms with Crippen LogP contribution >= 0.6 is 0 Å². The van der Waals surface area contributed by atoms with E-state index in [9.17, 15) is 22.4 Å². The monoisotopic (exact) mass is 524 g/mol. The number of aliphatic hydroxyl groups is 1. The van der Waals surface area contributed by atoms with E-state index in [0.717, 1.165) is 13.0 Å². The average molecular weight is 525 g/mol. The van der Waals surface area contributed by atoms with Crippen LogP contribution < -0.4 is 0 Å². The molecule has 0 aromatic heterocycles. The highest BCUT2D eigenvalue weighted by Gasteiger charge is 2.39. The lowest BCUT2D eigenvalue weighted by atomic mass is 9.87. The first-order valence-corrected chi connectivity index (χ1v) is 11.9. The Hall–Kier alpha value is -3.07. The van der Waals surface area contributed by atoms with Gasteiger partial charge in [0.05, 0.1) is 5.60 Å². The van der Waals surface area contributed by atoms with E-state index in [1.807, 2.05) is 0 Å². The molecule has 0 aliphatic carbocycles. The predicted octanol–water partition coefficient (Wildman–Crippen LogP) is 7.42. The molecule has 204 valence electrons. The molecule has 0 aliphatic rings. The summed E-state index contributed by atoms with van der Waals surface area (Å²) in [5.74, 6) is -6.85. The fourth-order valence-electron chi connectivity index (χ4n) is 3.42. The highest BCUT2D eigenvalue weighted by Crippen LogP contribution is 2.34. The van der Waals surface area contributed by atoms with Crippen LogP contribution in [0.5, 0.6) is 0 Å². The maximum Gasteiger partial charge on any atom is 0.250 e. The number of carbonyl (C=O) groups is 1. The smallest absolute Gasteiger partial charge is 0.250 e. The summed E-state index contributed by atoms with van der Waals surface area (Å²) in [6.07, 6.45) is 0.396. The number of nitrogens with one attached hydrogen (secondary N) is 2. The summed E-state index contributed by atoms with van der Waals surface area (Å²) in [5.41, 5.74) is 0.0114. The molecule has 0 radical (unpaired) electrons. The summed E-state index contributed by atoms with van der Waals surface area (Å²) in [6.45, 7) is 11.5. The molecule has 9 heteroatoms. The molecule has 1 unspecified atom stereocenters. The molecular weight excluding hydrogens is 488 g/mol. The molecule has 2 aromatic rings. The number of ether oxygens (including phenoxy) is 1. The SMILES string of the molecule is CC(C(C)(C)O)C(C)(F)F.CCc1cc(F)c(F)c(-c2ccc(C(=N)OC(C)=N)cc2)c1C(=O)C(C)C. The van der Waals surface area contributed by atoms with Crippen molar-refractivity contribution < 1.29 is 32.2 Å². The molecule has 37 heavy (non-hydrogen) atoms. The van der Waals surface area contributed by atoms with Crippen LogP contribution in [0.3, 0.4) is 0 Å². The van der Waals surface area contributed by atoms with E-state index in [2.05, 4.69) is 0 Å². The van der Waals surface area contributed by atoms with Crippen molar-refractivity contribution in [2.45, 2.75) is 73.3 Å². The van der Waals surface area contributed by atoms with Gasteiger partial charge in [-0.25, -0.2) is 17.6 Å².